The van der Waals surface area contributed by atoms with Crippen LogP contribution in [-0.2, 0) is 16.1 Å². The largest absolute Gasteiger partial charge is 0.497 e. The number of carbonyl (C=O) groups excluding carboxylic acids is 1. The molecule has 1 aliphatic carbocycles. The van der Waals surface area contributed by atoms with Gasteiger partial charge in [0, 0.05) is 24.4 Å². The van der Waals surface area contributed by atoms with Gasteiger partial charge in [-0.1, -0.05) is 30.3 Å². The van der Waals surface area contributed by atoms with E-state index in [-0.39, 0.29) is 18.0 Å². The maximum atomic E-state index is 11.8. The van der Waals surface area contributed by atoms with Gasteiger partial charge in [0.05, 0.1) is 12.8 Å². The molecule has 0 saturated carbocycles. The summed E-state index contributed by atoms with van der Waals surface area (Å²) in [6, 6.07) is 16.5. The van der Waals surface area contributed by atoms with Crippen LogP contribution < -0.4 is 10.5 Å². The van der Waals surface area contributed by atoms with E-state index in [1.54, 1.807) is 7.11 Å². The van der Waals surface area contributed by atoms with E-state index in [1.165, 1.54) is 18.1 Å². The highest BCUT2D eigenvalue weighted by molar-refractivity contribution is 5.88. The first-order valence-corrected chi connectivity index (χ1v) is 9.73. The van der Waals surface area contributed by atoms with Crippen LogP contribution in [0, 0.1) is 0 Å². The van der Waals surface area contributed by atoms with Gasteiger partial charge in [-0.25, -0.2) is 0 Å². The number of hydrogen-bond acceptors (Lipinski definition) is 4. The lowest BCUT2D eigenvalue weighted by Gasteiger charge is -2.30. The lowest BCUT2D eigenvalue weighted by atomic mass is 9.83. The summed E-state index contributed by atoms with van der Waals surface area (Å²) in [4.78, 5) is 11.8. The number of esters is 1. The minimum Gasteiger partial charge on any atom is -0.497 e. The summed E-state index contributed by atoms with van der Waals surface area (Å²) in [7, 11) is 1.68. The van der Waals surface area contributed by atoms with Crippen LogP contribution >= 0.6 is 0 Å². The third-order valence-corrected chi connectivity index (χ3v) is 5.62. The number of ether oxygens (including phenoxy) is 2. The van der Waals surface area contributed by atoms with Crippen molar-refractivity contribution in [1.82, 2.24) is 4.57 Å². The molecule has 0 bridgehead atoms. The third-order valence-electron chi connectivity index (χ3n) is 5.62. The maximum Gasteiger partial charge on any atom is 0.303 e. The molecule has 146 valence electrons. The number of rotatable bonds is 5. The Balaban J connectivity index is 1.96. The number of methoxy groups -OCH3 is 1. The van der Waals surface area contributed by atoms with Crippen molar-refractivity contribution in [3.63, 3.8) is 0 Å². The maximum absolute atomic E-state index is 11.8. The highest BCUT2D eigenvalue weighted by Crippen LogP contribution is 2.45. The topological polar surface area (TPSA) is 66.5 Å². The lowest BCUT2D eigenvalue weighted by molar-refractivity contribution is -0.147. The van der Waals surface area contributed by atoms with Crippen molar-refractivity contribution in [2.24, 2.45) is 5.73 Å². The fourth-order valence-electron chi connectivity index (χ4n) is 4.40. The molecule has 0 saturated heterocycles. The van der Waals surface area contributed by atoms with Gasteiger partial charge in [0.2, 0.25) is 0 Å². The average molecular weight is 378 g/mol. The van der Waals surface area contributed by atoms with Crippen LogP contribution in [-0.4, -0.2) is 24.2 Å². The Bertz CT molecular complexity index is 994. The second kappa shape index (κ2) is 7.68. The van der Waals surface area contributed by atoms with Crippen LogP contribution in [0.3, 0.4) is 0 Å². The number of nitrogens with two attached hydrogens (primary N) is 1. The molecule has 0 spiro atoms. The molecule has 5 heteroatoms. The predicted molar refractivity (Wildman–Crippen MR) is 110 cm³/mol. The molecule has 4 rings (SSSR count). The molecule has 2 aromatic carbocycles. The smallest absolute Gasteiger partial charge is 0.303 e. The Morgan fingerprint density at radius 1 is 1.18 bits per heavy atom. The van der Waals surface area contributed by atoms with E-state index in [4.69, 9.17) is 15.2 Å². The van der Waals surface area contributed by atoms with Crippen molar-refractivity contribution >= 4 is 16.9 Å². The molecule has 0 fully saturated rings. The summed E-state index contributed by atoms with van der Waals surface area (Å²) in [5, 5.41) is 1.14. The summed E-state index contributed by atoms with van der Waals surface area (Å²) in [5.74, 6) is 0.808. The summed E-state index contributed by atoms with van der Waals surface area (Å²) in [6.07, 6.45) is 1.44. The fourth-order valence-corrected chi connectivity index (χ4v) is 4.40. The first kappa shape index (κ1) is 18.6. The van der Waals surface area contributed by atoms with Gasteiger partial charge in [0.25, 0.3) is 0 Å². The molecule has 1 aromatic heterocycles. The summed E-state index contributed by atoms with van der Waals surface area (Å²) < 4.78 is 13.5. The molecular weight excluding hydrogens is 352 g/mol. The zero-order valence-electron chi connectivity index (χ0n) is 16.4. The van der Waals surface area contributed by atoms with Crippen LogP contribution in [0.1, 0.15) is 48.6 Å². The quantitative estimate of drug-likeness (QED) is 0.678. The Morgan fingerprint density at radius 2 is 1.96 bits per heavy atom. The van der Waals surface area contributed by atoms with Crippen molar-refractivity contribution in [1.29, 1.82) is 0 Å². The summed E-state index contributed by atoms with van der Waals surface area (Å²) in [6.45, 7) is 2.76. The molecule has 0 aliphatic heterocycles. The molecule has 5 nitrogen and oxygen atoms in total. The zero-order chi connectivity index (χ0) is 19.7. The van der Waals surface area contributed by atoms with Gasteiger partial charge < -0.3 is 19.8 Å². The second-order valence-electron chi connectivity index (χ2n) is 7.36. The molecule has 28 heavy (non-hydrogen) atoms. The van der Waals surface area contributed by atoms with E-state index in [9.17, 15) is 4.79 Å². The fraction of sp³-hybridized carbons (Fsp3) is 0.348. The molecule has 1 heterocycles. The van der Waals surface area contributed by atoms with Crippen molar-refractivity contribution < 1.29 is 14.3 Å². The van der Waals surface area contributed by atoms with Gasteiger partial charge in [-0.2, -0.15) is 0 Å². The first-order valence-electron chi connectivity index (χ1n) is 9.73. The van der Waals surface area contributed by atoms with Crippen LogP contribution in [0.2, 0.25) is 0 Å². The Kier molecular flexibility index (Phi) is 5.09. The van der Waals surface area contributed by atoms with Crippen molar-refractivity contribution in [3.8, 4) is 5.75 Å². The molecular formula is C23H26N2O3. The summed E-state index contributed by atoms with van der Waals surface area (Å²) in [5.41, 5.74) is 10.7. The highest BCUT2D eigenvalue weighted by Gasteiger charge is 2.34. The van der Waals surface area contributed by atoms with Crippen LogP contribution in [0.4, 0.5) is 0 Å². The summed E-state index contributed by atoms with van der Waals surface area (Å²) >= 11 is 0. The van der Waals surface area contributed by atoms with Gasteiger partial charge in [-0.3, -0.25) is 4.79 Å². The van der Waals surface area contributed by atoms with Crippen LogP contribution in [0.25, 0.3) is 10.9 Å². The molecule has 0 radical (unpaired) electrons. The normalized spacial score (nSPS) is 18.7. The predicted octanol–water partition coefficient (Wildman–Crippen LogP) is 4.14. The van der Waals surface area contributed by atoms with Gasteiger partial charge in [0.15, 0.2) is 0 Å². The second-order valence-corrected chi connectivity index (χ2v) is 7.36. The number of fused-ring (bicyclic) bond motifs is 3. The van der Waals surface area contributed by atoms with Crippen molar-refractivity contribution in [2.45, 2.75) is 38.3 Å². The highest BCUT2D eigenvalue weighted by atomic mass is 16.5. The SMILES string of the molecule is COc1ccc2c(c1)c1c(n2Cc2ccccc2)C(OC(C)=O)CCC1CN. The first-order chi connectivity index (χ1) is 13.6. The van der Waals surface area contributed by atoms with E-state index in [1.807, 2.05) is 24.3 Å². The number of carbonyl (C=O) groups is 1. The van der Waals surface area contributed by atoms with Gasteiger partial charge in [-0.15, -0.1) is 0 Å². The minimum atomic E-state index is -0.253. The molecule has 1 aliphatic rings. The zero-order valence-corrected chi connectivity index (χ0v) is 16.4. The lowest BCUT2D eigenvalue weighted by Crippen LogP contribution is -2.24. The molecule has 3 aromatic rings. The monoisotopic (exact) mass is 378 g/mol. The molecule has 0 amide bonds. The Labute approximate surface area is 165 Å². The van der Waals surface area contributed by atoms with Gasteiger partial charge in [0.1, 0.15) is 11.9 Å². The van der Waals surface area contributed by atoms with Crippen molar-refractivity contribution in [2.75, 3.05) is 13.7 Å². The van der Waals surface area contributed by atoms with E-state index in [0.29, 0.717) is 13.1 Å². The van der Waals surface area contributed by atoms with Gasteiger partial charge in [-0.05, 0) is 54.6 Å². The standard InChI is InChI=1S/C23H26N2O3/c1-15(26)28-21-11-8-17(13-24)22-19-12-18(27-2)9-10-20(19)25(23(21)22)14-16-6-4-3-5-7-16/h3-7,9-10,12,17,21H,8,11,13-14,24H2,1-2H3. The molecule has 2 unspecified atom stereocenters. The molecule has 2 N–H and O–H groups in total. The Morgan fingerprint density at radius 3 is 2.64 bits per heavy atom. The van der Waals surface area contributed by atoms with Gasteiger partial charge >= 0.3 is 5.97 Å². The van der Waals surface area contributed by atoms with Crippen LogP contribution in [0.5, 0.6) is 5.75 Å². The number of hydrogen-bond donors (Lipinski definition) is 1. The number of aromatic nitrogens is 1. The van der Waals surface area contributed by atoms with Crippen LogP contribution in [0.15, 0.2) is 48.5 Å². The van der Waals surface area contributed by atoms with Crippen molar-refractivity contribution in [3.05, 3.63) is 65.4 Å². The van der Waals surface area contributed by atoms with E-state index < -0.39 is 0 Å². The minimum absolute atomic E-state index is 0.244. The average Bonchev–Trinajstić information content (AvgIpc) is 3.03. The molecule has 2 atom stereocenters. The Hall–Kier alpha value is -2.79. The third kappa shape index (κ3) is 3.27. The van der Waals surface area contributed by atoms with E-state index in [2.05, 4.69) is 28.8 Å². The number of nitrogens with zero attached hydrogens (tertiary/aromatic N) is 1. The number of benzene rings is 2. The van der Waals surface area contributed by atoms with E-state index in [0.717, 1.165) is 35.2 Å². The van der Waals surface area contributed by atoms with E-state index >= 15 is 0 Å².